The summed E-state index contributed by atoms with van der Waals surface area (Å²) >= 11 is 1.43. The molecule has 3 aromatic rings. The number of thiazole rings is 1. The molecular weight excluding hydrogens is 413 g/mol. The summed E-state index contributed by atoms with van der Waals surface area (Å²) in [4.78, 5) is 17.8. The molecule has 0 spiro atoms. The smallest absolute Gasteiger partial charge is 0.335 e. The lowest BCUT2D eigenvalue weighted by atomic mass is 10.2. The number of amides is 1. The lowest BCUT2D eigenvalue weighted by molar-refractivity contribution is -0.106. The minimum Gasteiger partial charge on any atom is -0.335 e. The summed E-state index contributed by atoms with van der Waals surface area (Å²) in [5.74, 6) is -2.48. The number of hydrogen-bond acceptors (Lipinski definition) is 5. The second kappa shape index (κ2) is 7.51. The molecule has 0 N–H and O–H groups in total. The maximum Gasteiger partial charge on any atom is 0.403 e. The van der Waals surface area contributed by atoms with Crippen molar-refractivity contribution in [3.8, 4) is 0 Å². The van der Waals surface area contributed by atoms with Crippen LogP contribution in [0.25, 0.3) is 10.2 Å². The van der Waals surface area contributed by atoms with Crippen LogP contribution < -0.4 is 0 Å². The molecule has 0 atom stereocenters. The number of fused-ring (bicyclic) bond motifs is 1. The molecule has 1 heterocycles. The van der Waals surface area contributed by atoms with Crippen molar-refractivity contribution >= 4 is 37.3 Å². The van der Waals surface area contributed by atoms with Gasteiger partial charge < -0.3 is 4.90 Å². The number of hydrogen-bond donors (Lipinski definition) is 0. The van der Waals surface area contributed by atoms with Gasteiger partial charge in [0, 0.05) is 12.6 Å². The number of alkyl halides is 3. The number of rotatable bonds is 5. The van der Waals surface area contributed by atoms with E-state index in [1.54, 1.807) is 0 Å². The Morgan fingerprint density at radius 1 is 1.14 bits per heavy atom. The van der Waals surface area contributed by atoms with Gasteiger partial charge in [-0.3, -0.25) is 4.79 Å². The molecule has 148 valence electrons. The Labute approximate surface area is 163 Å². The second-order valence-corrected chi connectivity index (χ2v) is 9.24. The van der Waals surface area contributed by atoms with E-state index in [0.717, 1.165) is 22.3 Å². The van der Waals surface area contributed by atoms with Crippen LogP contribution in [0.1, 0.15) is 15.4 Å². The zero-order chi connectivity index (χ0) is 20.5. The molecule has 0 unspecified atom stereocenters. The molecule has 5 nitrogen and oxygen atoms in total. The van der Waals surface area contributed by atoms with Crippen molar-refractivity contribution in [2.75, 3.05) is 12.8 Å². The van der Waals surface area contributed by atoms with E-state index in [2.05, 4.69) is 4.98 Å². The molecule has 0 saturated heterocycles. The Kier molecular flexibility index (Phi) is 5.44. The average Bonchev–Trinajstić information content (AvgIpc) is 3.01. The van der Waals surface area contributed by atoms with Gasteiger partial charge in [0.25, 0.3) is 5.91 Å². The molecule has 0 aliphatic heterocycles. The van der Waals surface area contributed by atoms with Gasteiger partial charge in [0.2, 0.25) is 0 Å². The number of benzene rings is 2. The maximum atomic E-state index is 12.6. The van der Waals surface area contributed by atoms with E-state index in [0.29, 0.717) is 5.01 Å². The van der Waals surface area contributed by atoms with Gasteiger partial charge in [-0.2, -0.15) is 13.2 Å². The van der Waals surface area contributed by atoms with E-state index >= 15 is 0 Å². The SMILES string of the molecule is CN(Cc1nc2ccccc2s1)C(=O)c1cccc(S(=O)(=O)CC(F)(F)F)c1. The first-order valence-corrected chi connectivity index (χ1v) is 10.5. The van der Waals surface area contributed by atoms with Crippen LogP contribution in [-0.2, 0) is 16.4 Å². The van der Waals surface area contributed by atoms with Crippen molar-refractivity contribution in [1.29, 1.82) is 0 Å². The fourth-order valence-corrected chi connectivity index (χ4v) is 4.81. The van der Waals surface area contributed by atoms with Crippen LogP contribution in [0.5, 0.6) is 0 Å². The fraction of sp³-hybridized carbons (Fsp3) is 0.222. The molecule has 0 bridgehead atoms. The molecule has 3 rings (SSSR count). The van der Waals surface area contributed by atoms with Gasteiger partial charge in [0.15, 0.2) is 15.6 Å². The van der Waals surface area contributed by atoms with Crippen molar-refractivity contribution < 1.29 is 26.4 Å². The predicted molar refractivity (Wildman–Crippen MR) is 100.0 cm³/mol. The highest BCUT2D eigenvalue weighted by Crippen LogP contribution is 2.25. The minimum absolute atomic E-state index is 0.00754. The molecule has 1 aromatic heterocycles. The summed E-state index contributed by atoms with van der Waals surface area (Å²) in [7, 11) is -3.06. The van der Waals surface area contributed by atoms with Crippen molar-refractivity contribution in [2.24, 2.45) is 0 Å². The van der Waals surface area contributed by atoms with E-state index in [1.807, 2.05) is 24.3 Å². The van der Waals surface area contributed by atoms with Crippen molar-refractivity contribution in [3.63, 3.8) is 0 Å². The number of nitrogens with zero attached hydrogens (tertiary/aromatic N) is 2. The van der Waals surface area contributed by atoms with Gasteiger partial charge in [-0.05, 0) is 30.3 Å². The van der Waals surface area contributed by atoms with Gasteiger partial charge in [-0.25, -0.2) is 13.4 Å². The average molecular weight is 428 g/mol. The highest BCUT2D eigenvalue weighted by Gasteiger charge is 2.36. The summed E-state index contributed by atoms with van der Waals surface area (Å²) in [6, 6.07) is 12.1. The Morgan fingerprint density at radius 2 is 1.86 bits per heavy atom. The number of aromatic nitrogens is 1. The van der Waals surface area contributed by atoms with E-state index in [9.17, 15) is 26.4 Å². The lowest BCUT2D eigenvalue weighted by Gasteiger charge is -2.16. The molecular formula is C18H15F3N2O3S2. The van der Waals surface area contributed by atoms with Crippen molar-refractivity contribution in [3.05, 3.63) is 59.1 Å². The zero-order valence-electron chi connectivity index (χ0n) is 14.6. The molecule has 0 radical (unpaired) electrons. The van der Waals surface area contributed by atoms with Gasteiger partial charge in [-0.15, -0.1) is 11.3 Å². The predicted octanol–water partition coefficient (Wildman–Crippen LogP) is 3.90. The summed E-state index contributed by atoms with van der Waals surface area (Å²) < 4.78 is 62.3. The van der Waals surface area contributed by atoms with Gasteiger partial charge >= 0.3 is 6.18 Å². The number of carbonyl (C=O) groups is 1. The number of carbonyl (C=O) groups excluding carboxylic acids is 1. The first-order chi connectivity index (χ1) is 13.0. The molecule has 28 heavy (non-hydrogen) atoms. The molecule has 0 fully saturated rings. The molecule has 2 aromatic carbocycles. The summed E-state index contributed by atoms with van der Waals surface area (Å²) in [5, 5.41) is 0.692. The van der Waals surface area contributed by atoms with Crippen LogP contribution >= 0.6 is 11.3 Å². The van der Waals surface area contributed by atoms with Crippen molar-refractivity contribution in [2.45, 2.75) is 17.6 Å². The first-order valence-electron chi connectivity index (χ1n) is 8.05. The number of halogens is 3. The monoisotopic (exact) mass is 428 g/mol. The largest absolute Gasteiger partial charge is 0.403 e. The third-order valence-corrected chi connectivity index (χ3v) is 6.55. The highest BCUT2D eigenvalue weighted by molar-refractivity contribution is 7.91. The van der Waals surface area contributed by atoms with Gasteiger partial charge in [-0.1, -0.05) is 18.2 Å². The van der Waals surface area contributed by atoms with Crippen LogP contribution in [0.15, 0.2) is 53.4 Å². The Morgan fingerprint density at radius 3 is 2.54 bits per heavy atom. The second-order valence-electron chi connectivity index (χ2n) is 6.14. The summed E-state index contributed by atoms with van der Waals surface area (Å²) in [5.41, 5.74) is 0.801. The first kappa shape index (κ1) is 20.3. The van der Waals surface area contributed by atoms with Crippen LogP contribution in [0, 0.1) is 0 Å². The molecule has 0 aliphatic rings. The molecule has 1 amide bonds. The summed E-state index contributed by atoms with van der Waals surface area (Å²) in [6.45, 7) is 0.192. The van der Waals surface area contributed by atoms with E-state index in [4.69, 9.17) is 0 Å². The highest BCUT2D eigenvalue weighted by atomic mass is 32.2. The minimum atomic E-state index is -4.86. The van der Waals surface area contributed by atoms with Crippen LogP contribution in [0.4, 0.5) is 13.2 Å². The Hall–Kier alpha value is -2.46. The van der Waals surface area contributed by atoms with E-state index in [1.165, 1.54) is 35.4 Å². The van der Waals surface area contributed by atoms with Crippen LogP contribution in [0.2, 0.25) is 0 Å². The molecule has 10 heteroatoms. The van der Waals surface area contributed by atoms with Gasteiger partial charge in [0.05, 0.1) is 21.7 Å². The van der Waals surface area contributed by atoms with Crippen LogP contribution in [0.3, 0.4) is 0 Å². The standard InChI is InChI=1S/C18H15F3N2O3S2/c1-23(10-16-22-14-7-2-3-8-15(14)27-16)17(24)12-5-4-6-13(9-12)28(25,26)11-18(19,20)21/h2-9H,10-11H2,1H3. The van der Waals surface area contributed by atoms with Crippen molar-refractivity contribution in [1.82, 2.24) is 9.88 Å². The third kappa shape index (κ3) is 4.68. The normalized spacial score (nSPS) is 12.3. The Bertz CT molecular complexity index is 1090. The Balaban J connectivity index is 1.80. The number of para-hydroxylation sites is 1. The quantitative estimate of drug-likeness (QED) is 0.618. The summed E-state index contributed by atoms with van der Waals surface area (Å²) in [6.07, 6.45) is -4.86. The topological polar surface area (TPSA) is 67.3 Å². The van der Waals surface area contributed by atoms with Crippen LogP contribution in [-0.4, -0.2) is 43.2 Å². The zero-order valence-corrected chi connectivity index (χ0v) is 16.2. The lowest BCUT2D eigenvalue weighted by Crippen LogP contribution is -2.27. The molecule has 0 aliphatic carbocycles. The van der Waals surface area contributed by atoms with Gasteiger partial charge in [0.1, 0.15) is 5.01 Å². The maximum absolute atomic E-state index is 12.6. The third-order valence-electron chi connectivity index (χ3n) is 3.85. The van der Waals surface area contributed by atoms with E-state index < -0.39 is 32.6 Å². The molecule has 0 saturated carbocycles. The fourth-order valence-electron chi connectivity index (χ4n) is 2.60. The van der Waals surface area contributed by atoms with E-state index in [-0.39, 0.29) is 12.1 Å². The number of sulfone groups is 1.